The van der Waals surface area contributed by atoms with Crippen molar-refractivity contribution in [1.29, 1.82) is 0 Å². The first-order valence-corrected chi connectivity index (χ1v) is 12.4. The molecular weight excluding hydrogens is 563 g/mol. The highest BCUT2D eigenvalue weighted by Gasteiger charge is 2.33. The third-order valence-corrected chi connectivity index (χ3v) is 6.32. The van der Waals surface area contributed by atoms with Crippen LogP contribution in [0, 0.1) is 5.82 Å². The minimum Gasteiger partial charge on any atom is -0.489 e. The zero-order valence-electron chi connectivity index (χ0n) is 20.0. The maximum absolute atomic E-state index is 14.4. The molecule has 1 unspecified atom stereocenters. The molecule has 0 saturated carbocycles. The van der Waals surface area contributed by atoms with Gasteiger partial charge in [-0.2, -0.15) is 0 Å². The van der Waals surface area contributed by atoms with Crippen LogP contribution in [-0.2, 0) is 9.59 Å². The molecule has 0 radical (unpaired) electrons. The molecule has 0 aliphatic carbocycles. The number of carboxylic acid groups (broad SMARTS) is 1. The van der Waals surface area contributed by atoms with E-state index in [-0.39, 0.29) is 30.3 Å². The van der Waals surface area contributed by atoms with Gasteiger partial charge in [0.25, 0.3) is 0 Å². The van der Waals surface area contributed by atoms with Gasteiger partial charge in [-0.1, -0.05) is 22.5 Å². The van der Waals surface area contributed by atoms with Crippen molar-refractivity contribution in [3.63, 3.8) is 0 Å². The van der Waals surface area contributed by atoms with E-state index in [9.17, 15) is 23.9 Å². The summed E-state index contributed by atoms with van der Waals surface area (Å²) in [7, 11) is 0. The maximum atomic E-state index is 14.4. The Labute approximate surface area is 225 Å². The molecule has 38 heavy (non-hydrogen) atoms. The average Bonchev–Trinajstić information content (AvgIpc) is 3.39. The van der Waals surface area contributed by atoms with E-state index in [0.717, 1.165) is 11.0 Å². The maximum Gasteiger partial charge on any atom is 0.407 e. The molecule has 13 heteroatoms. The van der Waals surface area contributed by atoms with Gasteiger partial charge in [0, 0.05) is 22.5 Å². The van der Waals surface area contributed by atoms with Gasteiger partial charge in [-0.05, 0) is 43.2 Å². The molecule has 1 aliphatic rings. The lowest BCUT2D eigenvalue weighted by atomic mass is 10.1. The fourth-order valence-electron chi connectivity index (χ4n) is 4.02. The van der Waals surface area contributed by atoms with Crippen LogP contribution in [-0.4, -0.2) is 63.6 Å². The number of likely N-dealkylation sites (tertiary alicyclic amines) is 1. The van der Waals surface area contributed by atoms with E-state index < -0.39 is 29.8 Å². The Bertz CT molecular complexity index is 1400. The molecule has 1 fully saturated rings. The van der Waals surface area contributed by atoms with Crippen LogP contribution in [0.15, 0.2) is 53.8 Å². The molecule has 3 amide bonds. The van der Waals surface area contributed by atoms with Crippen LogP contribution >= 0.6 is 15.9 Å². The first kappa shape index (κ1) is 26.8. The van der Waals surface area contributed by atoms with Crippen LogP contribution in [0.5, 0.6) is 5.75 Å². The number of rotatable bonds is 9. The molecule has 1 aliphatic heterocycles. The molecule has 198 valence electrons. The molecule has 3 aromatic rings. The molecule has 0 spiro atoms. The van der Waals surface area contributed by atoms with E-state index in [4.69, 9.17) is 4.74 Å². The van der Waals surface area contributed by atoms with Gasteiger partial charge in [-0.25, -0.2) is 19.2 Å². The van der Waals surface area contributed by atoms with E-state index in [1.807, 2.05) is 0 Å². The van der Waals surface area contributed by atoms with Crippen LogP contribution in [0.4, 0.5) is 26.4 Å². The zero-order valence-corrected chi connectivity index (χ0v) is 21.6. The minimum atomic E-state index is -1.13. The summed E-state index contributed by atoms with van der Waals surface area (Å²) in [4.78, 5) is 45.4. The second kappa shape index (κ2) is 11.9. The predicted molar refractivity (Wildman–Crippen MR) is 142 cm³/mol. The lowest BCUT2D eigenvalue weighted by molar-refractivity contribution is -0.125. The van der Waals surface area contributed by atoms with Crippen molar-refractivity contribution in [1.82, 2.24) is 20.2 Å². The third kappa shape index (κ3) is 6.17. The third-order valence-electron chi connectivity index (χ3n) is 5.82. The van der Waals surface area contributed by atoms with Gasteiger partial charge in [0.05, 0.1) is 23.4 Å². The van der Waals surface area contributed by atoms with Crippen LogP contribution in [0.1, 0.15) is 12.8 Å². The van der Waals surface area contributed by atoms with Crippen molar-refractivity contribution >= 4 is 61.9 Å². The summed E-state index contributed by atoms with van der Waals surface area (Å²) in [6.45, 7) is 3.92. The van der Waals surface area contributed by atoms with Crippen molar-refractivity contribution in [2.45, 2.75) is 18.9 Å². The monoisotopic (exact) mass is 586 g/mol. The van der Waals surface area contributed by atoms with Crippen molar-refractivity contribution in [2.75, 3.05) is 30.3 Å². The Balaban J connectivity index is 1.52. The number of nitrogens with zero attached hydrogens (tertiary/aromatic N) is 3. The summed E-state index contributed by atoms with van der Waals surface area (Å²) in [5.41, 5.74) is 0.944. The Kier molecular flexibility index (Phi) is 8.36. The second-order valence-electron chi connectivity index (χ2n) is 8.30. The Morgan fingerprint density at radius 2 is 2.05 bits per heavy atom. The van der Waals surface area contributed by atoms with E-state index in [2.05, 4.69) is 48.4 Å². The molecule has 4 N–H and O–H groups in total. The van der Waals surface area contributed by atoms with Crippen LogP contribution < -0.4 is 20.7 Å². The number of hydrogen-bond donors (Lipinski definition) is 4. The predicted octanol–water partition coefficient (Wildman–Crippen LogP) is 4.04. The first-order chi connectivity index (χ1) is 18.3. The number of fused-ring (bicyclic) bond motifs is 1. The van der Waals surface area contributed by atoms with Gasteiger partial charge in [0.1, 0.15) is 36.4 Å². The van der Waals surface area contributed by atoms with E-state index in [1.165, 1.54) is 12.4 Å². The number of carbonyl (C=O) groups excluding carboxylic acids is 2. The van der Waals surface area contributed by atoms with Crippen molar-refractivity contribution < 1.29 is 28.6 Å². The molecular formula is C25H24BrFN6O5. The summed E-state index contributed by atoms with van der Waals surface area (Å²) in [5.74, 6) is -0.783. The smallest absolute Gasteiger partial charge is 0.407 e. The first-order valence-electron chi connectivity index (χ1n) is 11.6. The van der Waals surface area contributed by atoms with Crippen LogP contribution in [0.2, 0.25) is 0 Å². The van der Waals surface area contributed by atoms with E-state index in [1.54, 1.807) is 24.3 Å². The molecule has 2 aromatic carbocycles. The normalized spacial score (nSPS) is 14.7. The quantitative estimate of drug-likeness (QED) is 0.217. The molecule has 11 nitrogen and oxygen atoms in total. The Hall–Kier alpha value is -4.26. The number of benzene rings is 2. The summed E-state index contributed by atoms with van der Waals surface area (Å²) in [6.07, 6.45) is 2.36. The fourth-order valence-corrected chi connectivity index (χ4v) is 4.36. The van der Waals surface area contributed by atoms with Gasteiger partial charge < -0.3 is 25.8 Å². The van der Waals surface area contributed by atoms with Gasteiger partial charge in [0.2, 0.25) is 11.8 Å². The van der Waals surface area contributed by atoms with Crippen LogP contribution in [0.3, 0.4) is 0 Å². The lowest BCUT2D eigenvalue weighted by Crippen LogP contribution is -2.46. The Morgan fingerprint density at radius 1 is 1.24 bits per heavy atom. The summed E-state index contributed by atoms with van der Waals surface area (Å²) < 4.78 is 20.8. The van der Waals surface area contributed by atoms with Crippen molar-refractivity contribution in [3.8, 4) is 5.75 Å². The highest BCUT2D eigenvalue weighted by Crippen LogP contribution is 2.34. The van der Waals surface area contributed by atoms with Crippen molar-refractivity contribution in [3.05, 3.63) is 59.6 Å². The molecule has 4 rings (SSSR count). The van der Waals surface area contributed by atoms with E-state index >= 15 is 0 Å². The number of ether oxygens (including phenoxy) is 1. The number of halogens is 2. The summed E-state index contributed by atoms with van der Waals surface area (Å²) in [6, 6.07) is 7.00. The fraction of sp³-hybridized carbons (Fsp3) is 0.240. The largest absolute Gasteiger partial charge is 0.489 e. The highest BCUT2D eigenvalue weighted by molar-refractivity contribution is 9.10. The van der Waals surface area contributed by atoms with Gasteiger partial charge >= 0.3 is 6.09 Å². The number of amides is 3. The summed E-state index contributed by atoms with van der Waals surface area (Å²) in [5, 5.41) is 18.0. The number of aromatic nitrogens is 2. The van der Waals surface area contributed by atoms with Gasteiger partial charge in [0.15, 0.2) is 0 Å². The lowest BCUT2D eigenvalue weighted by Gasteiger charge is -2.20. The van der Waals surface area contributed by atoms with Gasteiger partial charge in [-0.15, -0.1) is 0 Å². The molecule has 1 saturated heterocycles. The SMILES string of the molecule is C=CC(=O)Nc1cc2c(Nc3ccc(Br)cc3F)ncnc2cc1OCCNC(=O)C1CCCN1C(=O)O. The number of hydrogen-bond acceptors (Lipinski definition) is 7. The Morgan fingerprint density at radius 3 is 2.79 bits per heavy atom. The second-order valence-corrected chi connectivity index (χ2v) is 9.22. The molecule has 1 atom stereocenters. The number of nitrogens with one attached hydrogen (secondary N) is 3. The minimum absolute atomic E-state index is 0.0360. The van der Waals surface area contributed by atoms with Crippen molar-refractivity contribution in [2.24, 2.45) is 0 Å². The molecule has 2 heterocycles. The average molecular weight is 587 g/mol. The molecule has 0 bridgehead atoms. The topological polar surface area (TPSA) is 146 Å². The number of carbonyl (C=O) groups is 3. The summed E-state index contributed by atoms with van der Waals surface area (Å²) >= 11 is 3.22. The zero-order chi connectivity index (χ0) is 27.2. The number of anilines is 3. The van der Waals surface area contributed by atoms with Crippen LogP contribution in [0.25, 0.3) is 10.9 Å². The van der Waals surface area contributed by atoms with Gasteiger partial charge in [-0.3, -0.25) is 14.5 Å². The highest BCUT2D eigenvalue weighted by atomic mass is 79.9. The molecule has 1 aromatic heterocycles. The standard InChI is InChI=1S/C25H24BrFN6O5/c1-2-22(34)31-19-11-15-18(29-13-30-23(15)32-17-6-5-14(26)10-16(17)27)12-21(19)38-9-7-28-24(35)20-4-3-8-33(20)25(36)37/h2,5-6,10-13,20H,1,3-4,7-9H2,(H,28,35)(H,31,34)(H,36,37)(H,29,30,32). The van der Waals surface area contributed by atoms with E-state index in [0.29, 0.717) is 40.6 Å².